The van der Waals surface area contributed by atoms with Crippen molar-refractivity contribution < 1.29 is 23.9 Å². The summed E-state index contributed by atoms with van der Waals surface area (Å²) in [5.41, 5.74) is 8.79. The molecule has 0 aliphatic carbocycles. The van der Waals surface area contributed by atoms with Crippen molar-refractivity contribution in [1.82, 2.24) is 25.6 Å². The number of rotatable bonds is 10. The molecule has 0 radical (unpaired) electrons. The molecule has 0 atom stereocenters. The molecule has 0 spiro atoms. The SMILES string of the molecule is Nc1c[nH]ccc1=S.O=C(Cl)CCNC(=O)OCc1ccccc1.O=C(NCCc1nc2cnccc2s1)OCc1ccccc1. The Kier molecular flexibility index (Phi) is 15.7. The number of fused-ring (bicyclic) bond motifs is 1. The van der Waals surface area contributed by atoms with Crippen LogP contribution in [0.3, 0.4) is 0 Å². The fourth-order valence-electron chi connectivity index (χ4n) is 3.45. The number of anilines is 1. The van der Waals surface area contributed by atoms with E-state index in [4.69, 9.17) is 39.0 Å². The predicted molar refractivity (Wildman–Crippen MR) is 182 cm³/mol. The van der Waals surface area contributed by atoms with E-state index in [1.807, 2.05) is 66.7 Å². The van der Waals surface area contributed by atoms with E-state index < -0.39 is 17.4 Å². The Morgan fingerprint density at radius 2 is 1.50 bits per heavy atom. The van der Waals surface area contributed by atoms with Crippen LogP contribution in [0.25, 0.3) is 10.2 Å². The summed E-state index contributed by atoms with van der Waals surface area (Å²) in [5, 5.41) is 5.65. The largest absolute Gasteiger partial charge is 0.445 e. The van der Waals surface area contributed by atoms with Crippen LogP contribution in [0.5, 0.6) is 0 Å². The van der Waals surface area contributed by atoms with Crippen molar-refractivity contribution in [3.8, 4) is 0 Å². The van der Waals surface area contributed by atoms with Gasteiger partial charge in [-0.05, 0) is 34.9 Å². The smallest absolute Gasteiger partial charge is 0.407 e. The quantitative estimate of drug-likeness (QED) is 0.0946. The van der Waals surface area contributed by atoms with Gasteiger partial charge in [0.2, 0.25) is 5.24 Å². The minimum Gasteiger partial charge on any atom is -0.445 e. The number of nitrogens with two attached hydrogens (primary N) is 1. The van der Waals surface area contributed by atoms with E-state index in [9.17, 15) is 14.4 Å². The van der Waals surface area contributed by atoms with Crippen molar-refractivity contribution in [2.24, 2.45) is 0 Å². The third-order valence-electron chi connectivity index (χ3n) is 5.71. The summed E-state index contributed by atoms with van der Waals surface area (Å²) in [6, 6.07) is 22.6. The number of nitrogen functional groups attached to an aromatic ring is 1. The van der Waals surface area contributed by atoms with Crippen LogP contribution in [-0.2, 0) is 33.9 Å². The molecule has 0 fully saturated rings. The Hall–Kier alpha value is -4.85. The second-order valence-electron chi connectivity index (χ2n) is 9.25. The van der Waals surface area contributed by atoms with Gasteiger partial charge in [0.1, 0.15) is 13.2 Å². The zero-order valence-corrected chi connectivity index (χ0v) is 27.1. The van der Waals surface area contributed by atoms with Crippen LogP contribution in [0.2, 0.25) is 0 Å². The number of nitrogens with one attached hydrogen (secondary N) is 3. The highest BCUT2D eigenvalue weighted by Crippen LogP contribution is 2.20. The Labute approximate surface area is 280 Å². The van der Waals surface area contributed by atoms with Crippen molar-refractivity contribution in [3.05, 3.63) is 118 Å². The molecule has 2 aromatic carbocycles. The average molecular weight is 681 g/mol. The zero-order valence-electron chi connectivity index (χ0n) is 24.7. The molecule has 3 aromatic heterocycles. The molecule has 0 aliphatic heterocycles. The van der Waals surface area contributed by atoms with Crippen molar-refractivity contribution in [2.45, 2.75) is 26.1 Å². The number of carbonyl (C=O) groups excluding carboxylic acids is 3. The third-order valence-corrected chi connectivity index (χ3v) is 7.37. The minimum absolute atomic E-state index is 0.0992. The highest BCUT2D eigenvalue weighted by Gasteiger charge is 2.06. The van der Waals surface area contributed by atoms with Gasteiger partial charge < -0.3 is 30.8 Å². The lowest BCUT2D eigenvalue weighted by Gasteiger charge is -2.06. The molecular formula is C32H33ClN6O5S2. The minimum atomic E-state index is -0.554. The summed E-state index contributed by atoms with van der Waals surface area (Å²) in [5.74, 6) is 0. The van der Waals surface area contributed by atoms with E-state index in [2.05, 4.69) is 25.6 Å². The summed E-state index contributed by atoms with van der Waals surface area (Å²) in [4.78, 5) is 44.4. The molecular weight excluding hydrogens is 648 g/mol. The Balaban J connectivity index is 0.000000209. The number of benzene rings is 2. The first-order valence-corrected chi connectivity index (χ1v) is 15.6. The monoisotopic (exact) mass is 680 g/mol. The molecule has 3 heterocycles. The second-order valence-corrected chi connectivity index (χ2v) is 11.2. The van der Waals surface area contributed by atoms with Gasteiger partial charge in [-0.3, -0.25) is 9.78 Å². The van der Waals surface area contributed by atoms with Gasteiger partial charge in [-0.2, -0.15) is 0 Å². The first kappa shape index (κ1) is 35.6. The number of halogens is 1. The molecule has 0 unspecified atom stereocenters. The molecule has 5 aromatic rings. The van der Waals surface area contributed by atoms with E-state index in [1.165, 1.54) is 0 Å². The highest BCUT2D eigenvalue weighted by molar-refractivity contribution is 7.71. The molecule has 0 saturated heterocycles. The normalized spacial score (nSPS) is 9.93. The molecule has 5 N–H and O–H groups in total. The van der Waals surface area contributed by atoms with Crippen molar-refractivity contribution in [1.29, 1.82) is 0 Å². The number of amides is 2. The van der Waals surface area contributed by atoms with E-state index >= 15 is 0 Å². The van der Waals surface area contributed by atoms with Gasteiger partial charge in [0.15, 0.2) is 0 Å². The van der Waals surface area contributed by atoms with Crippen LogP contribution in [0.4, 0.5) is 15.3 Å². The second kappa shape index (κ2) is 20.2. The Morgan fingerprint density at radius 3 is 2.02 bits per heavy atom. The van der Waals surface area contributed by atoms with Crippen molar-refractivity contribution >= 4 is 68.5 Å². The average Bonchev–Trinajstić information content (AvgIpc) is 3.49. The molecule has 46 heavy (non-hydrogen) atoms. The lowest BCUT2D eigenvalue weighted by atomic mass is 10.2. The summed E-state index contributed by atoms with van der Waals surface area (Å²) in [7, 11) is 0. The number of carbonyl (C=O) groups is 3. The number of thiazole rings is 1. The van der Waals surface area contributed by atoms with Crippen LogP contribution in [0.1, 0.15) is 22.6 Å². The van der Waals surface area contributed by atoms with Gasteiger partial charge >= 0.3 is 12.2 Å². The van der Waals surface area contributed by atoms with Gasteiger partial charge in [0.25, 0.3) is 0 Å². The fourth-order valence-corrected chi connectivity index (χ4v) is 4.60. The fraction of sp³-hybridized carbons (Fsp3) is 0.188. The first-order valence-electron chi connectivity index (χ1n) is 14.0. The highest BCUT2D eigenvalue weighted by atomic mass is 35.5. The van der Waals surface area contributed by atoms with Crippen LogP contribution in [0, 0.1) is 4.51 Å². The van der Waals surface area contributed by atoms with Crippen LogP contribution < -0.4 is 16.4 Å². The molecule has 0 aliphatic rings. The number of ether oxygens (including phenoxy) is 2. The number of hydrogen-bond acceptors (Lipinski definition) is 10. The molecule has 2 amide bonds. The van der Waals surface area contributed by atoms with E-state index in [0.717, 1.165) is 26.4 Å². The van der Waals surface area contributed by atoms with E-state index in [-0.39, 0.29) is 26.2 Å². The number of H-pyrrole nitrogens is 1. The van der Waals surface area contributed by atoms with Crippen LogP contribution in [0.15, 0.2) is 97.6 Å². The molecule has 0 saturated carbocycles. The molecule has 5 rings (SSSR count). The molecule has 11 nitrogen and oxygen atoms in total. The maximum Gasteiger partial charge on any atom is 0.407 e. The summed E-state index contributed by atoms with van der Waals surface area (Å²) >= 11 is 11.5. The number of aromatic amines is 1. The topological polar surface area (TPSA) is 161 Å². The summed E-state index contributed by atoms with van der Waals surface area (Å²) in [6.45, 7) is 1.18. The number of nitrogens with zero attached hydrogens (tertiary/aromatic N) is 2. The van der Waals surface area contributed by atoms with Gasteiger partial charge in [0, 0.05) is 44.5 Å². The predicted octanol–water partition coefficient (Wildman–Crippen LogP) is 6.55. The molecule has 0 bridgehead atoms. The number of alkyl carbamates (subject to hydrolysis) is 2. The lowest BCUT2D eigenvalue weighted by Crippen LogP contribution is -2.26. The first-order chi connectivity index (χ1) is 22.3. The number of pyridine rings is 2. The third kappa shape index (κ3) is 14.3. The Morgan fingerprint density at radius 1 is 0.891 bits per heavy atom. The van der Waals surface area contributed by atoms with Gasteiger partial charge in [-0.15, -0.1) is 11.3 Å². The number of aromatic nitrogens is 3. The molecule has 14 heteroatoms. The number of hydrogen-bond donors (Lipinski definition) is 4. The maximum atomic E-state index is 11.6. The van der Waals surface area contributed by atoms with Crippen molar-refractivity contribution in [2.75, 3.05) is 18.8 Å². The maximum absolute atomic E-state index is 11.6. The Bertz CT molecular complexity index is 1690. The molecule has 240 valence electrons. The van der Waals surface area contributed by atoms with Gasteiger partial charge in [-0.1, -0.05) is 72.9 Å². The van der Waals surface area contributed by atoms with Gasteiger partial charge in [-0.25, -0.2) is 14.6 Å². The lowest BCUT2D eigenvalue weighted by molar-refractivity contribution is -0.111. The van der Waals surface area contributed by atoms with Gasteiger partial charge in [0.05, 0.1) is 31.6 Å². The summed E-state index contributed by atoms with van der Waals surface area (Å²) in [6.07, 6.45) is 6.73. The van der Waals surface area contributed by atoms with Crippen LogP contribution in [-0.4, -0.2) is 45.5 Å². The van der Waals surface area contributed by atoms with Crippen LogP contribution >= 0.6 is 35.2 Å². The van der Waals surface area contributed by atoms with E-state index in [0.29, 0.717) is 23.2 Å². The summed E-state index contributed by atoms with van der Waals surface area (Å²) < 4.78 is 11.9. The van der Waals surface area contributed by atoms with Crippen molar-refractivity contribution in [3.63, 3.8) is 0 Å². The van der Waals surface area contributed by atoms with E-state index in [1.54, 1.807) is 42.2 Å². The zero-order chi connectivity index (χ0) is 33.0. The standard InChI is InChI=1S/C16H15N3O2S.C11H12ClNO3.C5H6N2S/c20-16(21-11-12-4-2-1-3-5-12)18-9-7-15-19-13-10-17-8-6-14(13)22-15;12-10(14)6-7-13-11(15)16-8-9-4-2-1-3-5-9;6-4-3-7-2-1-5(4)8/h1-6,8,10H,7,9,11H2,(H,18,20);1-5H,6-8H2,(H,13,15);1-3H,6H2,(H,7,8).